The van der Waals surface area contributed by atoms with Gasteiger partial charge in [-0.25, -0.2) is 14.2 Å². The molecule has 0 spiro atoms. The first-order chi connectivity index (χ1) is 11.5. The number of primary amides is 1. The second-order valence-electron chi connectivity index (χ2n) is 5.14. The zero-order valence-corrected chi connectivity index (χ0v) is 13.5. The molecule has 0 atom stereocenters. The first-order valence-corrected chi connectivity index (χ1v) is 7.42. The van der Waals surface area contributed by atoms with E-state index in [2.05, 4.69) is 15.3 Å². The van der Waals surface area contributed by atoms with E-state index < -0.39 is 11.6 Å². The van der Waals surface area contributed by atoms with Gasteiger partial charge in [-0.2, -0.15) is 4.68 Å². The van der Waals surface area contributed by atoms with E-state index in [0.717, 1.165) is 10.1 Å². The lowest BCUT2D eigenvalue weighted by molar-refractivity contribution is 0.0997. The number of anilines is 1. The zero-order chi connectivity index (χ0) is 17.3. The van der Waals surface area contributed by atoms with Crippen molar-refractivity contribution in [1.29, 1.82) is 0 Å². The Kier molecular flexibility index (Phi) is 4.17. The number of imidazole rings is 1. The molecule has 0 bridgehead atoms. The summed E-state index contributed by atoms with van der Waals surface area (Å²) >= 11 is 5.87. The Morgan fingerprint density at radius 3 is 2.71 bits per heavy atom. The van der Waals surface area contributed by atoms with Crippen LogP contribution in [0.15, 0.2) is 35.4 Å². The number of fused-ring (bicyclic) bond motifs is 1. The number of benzene rings is 1. The topological polar surface area (TPSA) is 111 Å². The minimum Gasteiger partial charge on any atom is -0.373 e. The number of aromatic nitrogens is 5. The van der Waals surface area contributed by atoms with Gasteiger partial charge in [0.25, 0.3) is 5.91 Å². The normalized spacial score (nSPS) is 10.9. The Morgan fingerprint density at radius 1 is 1.33 bits per heavy atom. The molecule has 10 heteroatoms. The molecule has 0 aliphatic rings. The molecule has 1 amide bonds. The van der Waals surface area contributed by atoms with Crippen LogP contribution in [0.2, 0.25) is 5.02 Å². The van der Waals surface area contributed by atoms with Crippen LogP contribution in [0.1, 0.15) is 10.5 Å². The number of nitrogens with zero attached hydrogens (tertiary/aromatic N) is 6. The van der Waals surface area contributed by atoms with Crippen LogP contribution in [0.3, 0.4) is 0 Å². The lowest BCUT2D eigenvalue weighted by atomic mass is 10.3. The first-order valence-electron chi connectivity index (χ1n) is 7.04. The summed E-state index contributed by atoms with van der Waals surface area (Å²) in [5.41, 5.74) is 5.67. The van der Waals surface area contributed by atoms with Gasteiger partial charge in [0.15, 0.2) is 11.3 Å². The van der Waals surface area contributed by atoms with Crippen molar-refractivity contribution in [2.75, 3.05) is 18.5 Å². The highest BCUT2D eigenvalue weighted by Gasteiger charge is 2.15. The summed E-state index contributed by atoms with van der Waals surface area (Å²) in [5, 5.41) is 8.36. The summed E-state index contributed by atoms with van der Waals surface area (Å²) in [6, 6.07) is 7.36. The van der Waals surface area contributed by atoms with Crippen molar-refractivity contribution in [2.45, 2.75) is 6.54 Å². The number of likely N-dealkylation sites (N-methyl/N-ethyl adjacent to an activating group) is 1. The van der Waals surface area contributed by atoms with Gasteiger partial charge in [0.05, 0.1) is 6.54 Å². The third kappa shape index (κ3) is 2.93. The fraction of sp³-hybridized carbons (Fsp3) is 0.214. The largest absolute Gasteiger partial charge is 0.373 e. The van der Waals surface area contributed by atoms with Gasteiger partial charge in [0.1, 0.15) is 6.33 Å². The Balaban J connectivity index is 1.80. The third-order valence-electron chi connectivity index (χ3n) is 3.56. The number of nitrogens with two attached hydrogens (primary N) is 1. The number of rotatable bonds is 5. The number of amides is 1. The van der Waals surface area contributed by atoms with Crippen LogP contribution in [-0.4, -0.2) is 43.9 Å². The molecule has 0 saturated heterocycles. The predicted molar refractivity (Wildman–Crippen MR) is 88.3 cm³/mol. The van der Waals surface area contributed by atoms with Crippen LogP contribution in [-0.2, 0) is 6.54 Å². The Labute approximate surface area is 141 Å². The summed E-state index contributed by atoms with van der Waals surface area (Å²) in [7, 11) is 1.89. The molecule has 0 saturated carbocycles. The average molecular weight is 348 g/mol. The zero-order valence-electron chi connectivity index (χ0n) is 12.8. The molecule has 124 valence electrons. The molecule has 3 aromatic rings. The van der Waals surface area contributed by atoms with Crippen LogP contribution >= 0.6 is 11.6 Å². The summed E-state index contributed by atoms with van der Waals surface area (Å²) < 4.78 is 2.35. The molecule has 3 rings (SSSR count). The highest BCUT2D eigenvalue weighted by Crippen LogP contribution is 2.16. The van der Waals surface area contributed by atoms with Crippen molar-refractivity contribution in [3.63, 3.8) is 0 Å². The van der Waals surface area contributed by atoms with Crippen molar-refractivity contribution in [1.82, 2.24) is 24.4 Å². The van der Waals surface area contributed by atoms with Crippen molar-refractivity contribution < 1.29 is 4.79 Å². The molecule has 2 heterocycles. The monoisotopic (exact) mass is 347 g/mol. The van der Waals surface area contributed by atoms with Gasteiger partial charge in [-0.1, -0.05) is 16.8 Å². The smallest absolute Gasteiger partial charge is 0.353 e. The van der Waals surface area contributed by atoms with Gasteiger partial charge < -0.3 is 10.6 Å². The van der Waals surface area contributed by atoms with Crippen molar-refractivity contribution in [2.24, 2.45) is 5.73 Å². The Hall–Kier alpha value is -2.94. The molecule has 1 aromatic carbocycles. The van der Waals surface area contributed by atoms with E-state index in [0.29, 0.717) is 18.1 Å². The molecule has 0 unspecified atom stereocenters. The van der Waals surface area contributed by atoms with Crippen LogP contribution in [0.4, 0.5) is 5.69 Å². The van der Waals surface area contributed by atoms with Gasteiger partial charge in [0, 0.05) is 24.3 Å². The van der Waals surface area contributed by atoms with E-state index in [1.165, 1.54) is 11.0 Å². The number of hydrogen-bond donors (Lipinski definition) is 1. The molecular formula is C14H14ClN7O2. The van der Waals surface area contributed by atoms with Crippen LogP contribution < -0.4 is 16.3 Å². The van der Waals surface area contributed by atoms with E-state index in [1.54, 1.807) is 12.1 Å². The van der Waals surface area contributed by atoms with E-state index in [1.807, 2.05) is 24.1 Å². The first kappa shape index (κ1) is 15.9. The van der Waals surface area contributed by atoms with Gasteiger partial charge in [-0.3, -0.25) is 4.79 Å². The van der Waals surface area contributed by atoms with Gasteiger partial charge >= 0.3 is 5.69 Å². The minimum atomic E-state index is -0.758. The van der Waals surface area contributed by atoms with Crippen LogP contribution in [0.5, 0.6) is 0 Å². The molecule has 0 aliphatic carbocycles. The Morgan fingerprint density at radius 2 is 2.04 bits per heavy atom. The second kappa shape index (κ2) is 6.28. The third-order valence-corrected chi connectivity index (χ3v) is 3.82. The molecular weight excluding hydrogens is 334 g/mol. The van der Waals surface area contributed by atoms with E-state index in [-0.39, 0.29) is 11.3 Å². The molecule has 2 aromatic heterocycles. The fourth-order valence-electron chi connectivity index (χ4n) is 2.22. The summed E-state index contributed by atoms with van der Waals surface area (Å²) in [5.74, 6) is -0.758. The maximum absolute atomic E-state index is 12.4. The molecule has 2 N–H and O–H groups in total. The number of carbonyl (C=O) groups is 1. The molecule has 0 fully saturated rings. The maximum Gasteiger partial charge on any atom is 0.353 e. The highest BCUT2D eigenvalue weighted by molar-refractivity contribution is 6.30. The van der Waals surface area contributed by atoms with Gasteiger partial charge in [0.2, 0.25) is 0 Å². The lowest BCUT2D eigenvalue weighted by Gasteiger charge is -2.19. The molecule has 24 heavy (non-hydrogen) atoms. The second-order valence-corrected chi connectivity index (χ2v) is 5.58. The minimum absolute atomic E-state index is 0.0507. The van der Waals surface area contributed by atoms with Gasteiger partial charge in [-0.15, -0.1) is 5.10 Å². The van der Waals surface area contributed by atoms with Crippen LogP contribution in [0.25, 0.3) is 5.65 Å². The summed E-state index contributed by atoms with van der Waals surface area (Å²) in [4.78, 5) is 29.3. The van der Waals surface area contributed by atoms with Crippen molar-refractivity contribution in [3.05, 3.63) is 51.8 Å². The standard InChI is InChI=1S/C14H14ClN7O2/c1-20(10-4-2-9(15)3-5-10)6-7-22-14(24)21-8-17-11(12(16)23)13(21)18-19-22/h2-5,8H,6-7H2,1H3,(H2,16,23). The Bertz CT molecular complexity index is 948. The lowest BCUT2D eigenvalue weighted by Crippen LogP contribution is -2.34. The highest BCUT2D eigenvalue weighted by atomic mass is 35.5. The number of carbonyl (C=O) groups excluding carboxylic acids is 1. The van der Waals surface area contributed by atoms with Crippen molar-refractivity contribution in [3.8, 4) is 0 Å². The van der Waals surface area contributed by atoms with E-state index >= 15 is 0 Å². The van der Waals surface area contributed by atoms with Crippen molar-refractivity contribution >= 4 is 28.8 Å². The molecule has 0 aliphatic heterocycles. The maximum atomic E-state index is 12.4. The quantitative estimate of drug-likeness (QED) is 0.704. The average Bonchev–Trinajstić information content (AvgIpc) is 2.99. The van der Waals surface area contributed by atoms with Crippen LogP contribution in [0, 0.1) is 0 Å². The predicted octanol–water partition coefficient (Wildman–Crippen LogP) is 0.175. The fourth-order valence-corrected chi connectivity index (χ4v) is 2.35. The SMILES string of the molecule is CN(CCn1nnc2c(C(N)=O)ncn2c1=O)c1ccc(Cl)cc1. The van der Waals surface area contributed by atoms with E-state index in [9.17, 15) is 9.59 Å². The van der Waals surface area contributed by atoms with E-state index in [4.69, 9.17) is 17.3 Å². The summed E-state index contributed by atoms with van der Waals surface area (Å²) in [6.45, 7) is 0.837. The number of hydrogen-bond acceptors (Lipinski definition) is 6. The molecule has 9 nitrogen and oxygen atoms in total. The number of halogens is 1. The van der Waals surface area contributed by atoms with Gasteiger partial charge in [-0.05, 0) is 24.3 Å². The molecule has 0 radical (unpaired) electrons. The summed E-state index contributed by atoms with van der Waals surface area (Å²) in [6.07, 6.45) is 1.21.